The summed E-state index contributed by atoms with van der Waals surface area (Å²) in [5, 5.41) is 12.4. The third kappa shape index (κ3) is 2.88. The van der Waals surface area contributed by atoms with E-state index in [9.17, 15) is 0 Å². The van der Waals surface area contributed by atoms with Gasteiger partial charge >= 0.3 is 0 Å². The zero-order valence-electron chi connectivity index (χ0n) is 10.1. The number of pyridine rings is 1. The molecular formula is C13H18N4. The van der Waals surface area contributed by atoms with Gasteiger partial charge < -0.3 is 11.1 Å². The van der Waals surface area contributed by atoms with Crippen molar-refractivity contribution in [1.82, 2.24) is 4.98 Å². The average Bonchev–Trinajstić information content (AvgIpc) is 2.34. The second-order valence-corrected chi connectivity index (χ2v) is 4.88. The first-order valence-electron chi connectivity index (χ1n) is 6.11. The molecule has 0 atom stereocenters. The van der Waals surface area contributed by atoms with Gasteiger partial charge in [-0.25, -0.2) is 4.98 Å². The van der Waals surface area contributed by atoms with E-state index in [1.165, 1.54) is 12.8 Å². The topological polar surface area (TPSA) is 74.7 Å². The molecular weight excluding hydrogens is 212 g/mol. The number of nitrogen functional groups attached to an aromatic ring is 1. The van der Waals surface area contributed by atoms with Crippen LogP contribution in [0.5, 0.6) is 0 Å². The second-order valence-electron chi connectivity index (χ2n) is 4.88. The summed E-state index contributed by atoms with van der Waals surface area (Å²) < 4.78 is 0. The molecule has 1 aromatic rings. The van der Waals surface area contributed by atoms with E-state index < -0.39 is 0 Å². The van der Waals surface area contributed by atoms with Crippen LogP contribution in [0.4, 0.5) is 11.5 Å². The van der Waals surface area contributed by atoms with Gasteiger partial charge in [0.15, 0.2) is 0 Å². The van der Waals surface area contributed by atoms with Crippen LogP contribution in [-0.4, -0.2) is 11.0 Å². The lowest BCUT2D eigenvalue weighted by Gasteiger charge is -2.27. The van der Waals surface area contributed by atoms with Gasteiger partial charge in [0.2, 0.25) is 0 Å². The Kier molecular flexibility index (Phi) is 3.48. The maximum absolute atomic E-state index is 9.03. The lowest BCUT2D eigenvalue weighted by molar-refractivity contribution is 0.361. The van der Waals surface area contributed by atoms with E-state index in [0.29, 0.717) is 23.1 Å². The molecule has 90 valence electrons. The number of nitrogens with zero attached hydrogens (tertiary/aromatic N) is 2. The largest absolute Gasteiger partial charge is 0.397 e. The number of anilines is 2. The SMILES string of the molecule is CC1CCC(Nc2ncc(N)cc2C#N)CC1. The van der Waals surface area contributed by atoms with Crippen molar-refractivity contribution in [3.05, 3.63) is 17.8 Å². The van der Waals surface area contributed by atoms with Gasteiger partial charge in [0.1, 0.15) is 11.9 Å². The Bertz CT molecular complexity index is 428. The van der Waals surface area contributed by atoms with Gasteiger partial charge in [-0.1, -0.05) is 6.92 Å². The molecule has 1 heterocycles. The summed E-state index contributed by atoms with van der Waals surface area (Å²) in [5.41, 5.74) is 6.68. The van der Waals surface area contributed by atoms with Crippen molar-refractivity contribution in [2.24, 2.45) is 5.92 Å². The molecule has 17 heavy (non-hydrogen) atoms. The molecule has 0 bridgehead atoms. The normalized spacial score (nSPS) is 24.0. The number of nitrogens with one attached hydrogen (secondary N) is 1. The molecule has 0 aromatic carbocycles. The molecule has 1 aliphatic rings. The Labute approximate surface area is 102 Å². The molecule has 2 rings (SSSR count). The number of hydrogen-bond donors (Lipinski definition) is 2. The molecule has 4 nitrogen and oxygen atoms in total. The highest BCUT2D eigenvalue weighted by molar-refractivity contribution is 5.57. The number of nitrogens with two attached hydrogens (primary N) is 1. The van der Waals surface area contributed by atoms with Crippen LogP contribution in [0, 0.1) is 17.2 Å². The smallest absolute Gasteiger partial charge is 0.144 e. The molecule has 1 saturated carbocycles. The molecule has 1 aliphatic carbocycles. The van der Waals surface area contributed by atoms with Crippen LogP contribution in [0.2, 0.25) is 0 Å². The number of hydrogen-bond acceptors (Lipinski definition) is 4. The van der Waals surface area contributed by atoms with Crippen molar-refractivity contribution in [2.45, 2.75) is 38.6 Å². The highest BCUT2D eigenvalue weighted by Gasteiger charge is 2.19. The van der Waals surface area contributed by atoms with E-state index in [1.54, 1.807) is 12.3 Å². The first-order valence-corrected chi connectivity index (χ1v) is 6.11. The van der Waals surface area contributed by atoms with Gasteiger partial charge in [0.25, 0.3) is 0 Å². The predicted molar refractivity (Wildman–Crippen MR) is 68.4 cm³/mol. The predicted octanol–water partition coefficient (Wildman–Crippen LogP) is 2.53. The maximum atomic E-state index is 9.03. The highest BCUT2D eigenvalue weighted by atomic mass is 15.0. The first-order chi connectivity index (χ1) is 8.19. The van der Waals surface area contributed by atoms with Crippen LogP contribution in [-0.2, 0) is 0 Å². The van der Waals surface area contributed by atoms with Crippen molar-refractivity contribution in [2.75, 3.05) is 11.1 Å². The second kappa shape index (κ2) is 5.05. The molecule has 0 spiro atoms. The van der Waals surface area contributed by atoms with Crippen LogP contribution >= 0.6 is 0 Å². The van der Waals surface area contributed by atoms with Crippen LogP contribution < -0.4 is 11.1 Å². The Balaban J connectivity index is 2.06. The summed E-state index contributed by atoms with van der Waals surface area (Å²) in [6.07, 6.45) is 6.38. The quantitative estimate of drug-likeness (QED) is 0.818. The molecule has 3 N–H and O–H groups in total. The zero-order chi connectivity index (χ0) is 12.3. The first kappa shape index (κ1) is 11.7. The third-order valence-electron chi connectivity index (χ3n) is 3.39. The van der Waals surface area contributed by atoms with E-state index in [-0.39, 0.29) is 0 Å². The fraction of sp³-hybridized carbons (Fsp3) is 0.538. The summed E-state index contributed by atoms with van der Waals surface area (Å²) in [6, 6.07) is 4.24. The van der Waals surface area contributed by atoms with Crippen molar-refractivity contribution >= 4 is 11.5 Å². The number of rotatable bonds is 2. The van der Waals surface area contributed by atoms with Crippen LogP contribution in [0.3, 0.4) is 0 Å². The van der Waals surface area contributed by atoms with Gasteiger partial charge in [-0.05, 0) is 37.7 Å². The van der Waals surface area contributed by atoms with Crippen molar-refractivity contribution in [3.8, 4) is 6.07 Å². The van der Waals surface area contributed by atoms with E-state index >= 15 is 0 Å². The zero-order valence-corrected chi connectivity index (χ0v) is 10.1. The van der Waals surface area contributed by atoms with E-state index in [2.05, 4.69) is 23.3 Å². The lowest BCUT2D eigenvalue weighted by Crippen LogP contribution is -2.26. The van der Waals surface area contributed by atoms with Crippen molar-refractivity contribution in [1.29, 1.82) is 5.26 Å². The summed E-state index contributed by atoms with van der Waals surface area (Å²) in [6.45, 7) is 2.29. The molecule has 1 fully saturated rings. The van der Waals surface area contributed by atoms with E-state index in [0.717, 1.165) is 18.8 Å². The molecule has 4 heteroatoms. The van der Waals surface area contributed by atoms with Crippen molar-refractivity contribution < 1.29 is 0 Å². The minimum Gasteiger partial charge on any atom is -0.397 e. The molecule has 0 saturated heterocycles. The minimum atomic E-state index is 0.439. The third-order valence-corrected chi connectivity index (χ3v) is 3.39. The molecule has 0 aliphatic heterocycles. The fourth-order valence-corrected chi connectivity index (χ4v) is 2.28. The number of aromatic nitrogens is 1. The van der Waals surface area contributed by atoms with Crippen molar-refractivity contribution in [3.63, 3.8) is 0 Å². The van der Waals surface area contributed by atoms with Crippen LogP contribution in [0.15, 0.2) is 12.3 Å². The van der Waals surface area contributed by atoms with Gasteiger partial charge in [-0.2, -0.15) is 5.26 Å². The Hall–Kier alpha value is -1.76. The molecule has 0 unspecified atom stereocenters. The van der Waals surface area contributed by atoms with Gasteiger partial charge in [0.05, 0.1) is 17.4 Å². The van der Waals surface area contributed by atoms with Crippen LogP contribution in [0.25, 0.3) is 0 Å². The van der Waals surface area contributed by atoms with Gasteiger partial charge in [-0.3, -0.25) is 0 Å². The van der Waals surface area contributed by atoms with Gasteiger partial charge in [0, 0.05) is 6.04 Å². The summed E-state index contributed by atoms with van der Waals surface area (Å²) >= 11 is 0. The highest BCUT2D eigenvalue weighted by Crippen LogP contribution is 2.26. The Morgan fingerprint density at radius 1 is 1.41 bits per heavy atom. The minimum absolute atomic E-state index is 0.439. The maximum Gasteiger partial charge on any atom is 0.144 e. The van der Waals surface area contributed by atoms with E-state index in [4.69, 9.17) is 11.0 Å². The summed E-state index contributed by atoms with van der Waals surface area (Å²) in [7, 11) is 0. The molecule has 1 aromatic heterocycles. The number of nitriles is 1. The van der Waals surface area contributed by atoms with E-state index in [1.807, 2.05) is 0 Å². The average molecular weight is 230 g/mol. The summed E-state index contributed by atoms with van der Waals surface area (Å²) in [4.78, 5) is 4.20. The summed E-state index contributed by atoms with van der Waals surface area (Å²) in [5.74, 6) is 1.49. The molecule has 0 amide bonds. The molecule has 0 radical (unpaired) electrons. The standard InChI is InChI=1S/C13H18N4/c1-9-2-4-12(5-3-9)17-13-10(7-14)6-11(15)8-16-13/h6,8-9,12H,2-5,15H2,1H3,(H,16,17). The fourth-order valence-electron chi connectivity index (χ4n) is 2.28. The van der Waals surface area contributed by atoms with Gasteiger partial charge in [-0.15, -0.1) is 0 Å². The lowest BCUT2D eigenvalue weighted by atomic mass is 9.87. The van der Waals surface area contributed by atoms with Crippen LogP contribution in [0.1, 0.15) is 38.2 Å². The Morgan fingerprint density at radius 2 is 2.12 bits per heavy atom. The monoisotopic (exact) mass is 230 g/mol. The Morgan fingerprint density at radius 3 is 2.76 bits per heavy atom.